The number of para-hydroxylation sites is 1. The molecule has 0 fully saturated rings. The molecule has 0 atom stereocenters. The third kappa shape index (κ3) is 3.14. The quantitative estimate of drug-likeness (QED) is 0.867. The summed E-state index contributed by atoms with van der Waals surface area (Å²) in [4.78, 5) is 15.9. The van der Waals surface area contributed by atoms with Crippen molar-refractivity contribution in [3.05, 3.63) is 66.5 Å². The van der Waals surface area contributed by atoms with Crippen molar-refractivity contribution >= 4 is 23.6 Å². The highest BCUT2D eigenvalue weighted by Crippen LogP contribution is 2.17. The number of ether oxygens (including phenoxy) is 1. The second-order valence-electron chi connectivity index (χ2n) is 4.39. The Bertz CT molecular complexity index is 681. The first-order valence-corrected chi connectivity index (χ1v) is 6.50. The zero-order valence-electron chi connectivity index (χ0n) is 11.2. The third-order valence-corrected chi connectivity index (χ3v) is 2.88. The summed E-state index contributed by atoms with van der Waals surface area (Å²) in [6, 6.07) is 13.0. The molecule has 2 heterocycles. The molecule has 5 nitrogen and oxygen atoms in total. The van der Waals surface area contributed by atoms with Gasteiger partial charge in [-0.3, -0.25) is 9.78 Å². The molecule has 0 unspecified atom stereocenters. The van der Waals surface area contributed by atoms with Gasteiger partial charge in [0.2, 0.25) is 5.90 Å². The first kappa shape index (κ1) is 13.1. The molecule has 0 radical (unpaired) electrons. The lowest BCUT2D eigenvalue weighted by molar-refractivity contribution is -0.121. The summed E-state index contributed by atoms with van der Waals surface area (Å²) in [6.45, 7) is -0.0227. The molecule has 0 saturated carbocycles. The molecule has 104 valence electrons. The normalized spacial score (nSPS) is 15.0. The Hall–Kier alpha value is -2.95. The van der Waals surface area contributed by atoms with Gasteiger partial charge in [-0.05, 0) is 29.8 Å². The largest absolute Gasteiger partial charge is 0.466 e. The number of pyridine rings is 1. The topological polar surface area (TPSA) is 54.8 Å². The maximum absolute atomic E-state index is 11.9. The van der Waals surface area contributed by atoms with E-state index in [4.69, 9.17) is 4.74 Å². The molecule has 0 N–H and O–H groups in total. The van der Waals surface area contributed by atoms with Gasteiger partial charge >= 0.3 is 0 Å². The van der Waals surface area contributed by atoms with Crippen molar-refractivity contribution in [3.8, 4) is 0 Å². The van der Waals surface area contributed by atoms with Crippen molar-refractivity contribution in [2.75, 3.05) is 11.6 Å². The Balaban J connectivity index is 1.83. The molecule has 1 aromatic heterocycles. The summed E-state index contributed by atoms with van der Waals surface area (Å²) in [5, 5.41) is 5.57. The predicted octanol–water partition coefficient (Wildman–Crippen LogP) is 2.47. The molecule has 21 heavy (non-hydrogen) atoms. The first-order chi connectivity index (χ1) is 10.3. The van der Waals surface area contributed by atoms with E-state index in [-0.39, 0.29) is 12.5 Å². The second-order valence-corrected chi connectivity index (χ2v) is 4.39. The molecule has 1 aromatic carbocycles. The molecular formula is C16H13N3O2. The van der Waals surface area contributed by atoms with E-state index in [1.54, 1.807) is 18.5 Å². The molecule has 0 saturated heterocycles. The van der Waals surface area contributed by atoms with E-state index in [2.05, 4.69) is 10.1 Å². The van der Waals surface area contributed by atoms with Crippen LogP contribution in [0.4, 0.5) is 5.69 Å². The molecule has 5 heteroatoms. The minimum Gasteiger partial charge on any atom is -0.466 e. The number of nitrogens with zero attached hydrogens (tertiary/aromatic N) is 3. The lowest BCUT2D eigenvalue weighted by Crippen LogP contribution is -2.35. The van der Waals surface area contributed by atoms with Gasteiger partial charge in [0.05, 0.1) is 5.69 Å². The van der Waals surface area contributed by atoms with E-state index in [0.717, 1.165) is 11.3 Å². The molecule has 3 rings (SSSR count). The molecule has 1 amide bonds. The Morgan fingerprint density at radius 2 is 1.95 bits per heavy atom. The van der Waals surface area contributed by atoms with Crippen molar-refractivity contribution in [2.45, 2.75) is 0 Å². The summed E-state index contributed by atoms with van der Waals surface area (Å²) in [7, 11) is 0. The summed E-state index contributed by atoms with van der Waals surface area (Å²) in [5.74, 6) is 0.196. The van der Waals surface area contributed by atoms with Gasteiger partial charge in [0.15, 0.2) is 6.61 Å². The van der Waals surface area contributed by atoms with E-state index in [1.807, 2.05) is 48.5 Å². The Labute approximate surface area is 122 Å². The summed E-state index contributed by atoms with van der Waals surface area (Å²) >= 11 is 0. The van der Waals surface area contributed by atoms with Crippen molar-refractivity contribution < 1.29 is 9.53 Å². The number of hydrogen-bond acceptors (Lipinski definition) is 4. The van der Waals surface area contributed by atoms with Crippen LogP contribution >= 0.6 is 0 Å². The monoisotopic (exact) mass is 279 g/mol. The highest BCUT2D eigenvalue weighted by atomic mass is 16.5. The smallest absolute Gasteiger partial charge is 0.285 e. The molecule has 0 spiro atoms. The first-order valence-electron chi connectivity index (χ1n) is 6.50. The zero-order chi connectivity index (χ0) is 14.5. The maximum Gasteiger partial charge on any atom is 0.285 e. The number of hydrazone groups is 1. The van der Waals surface area contributed by atoms with E-state index >= 15 is 0 Å². The van der Waals surface area contributed by atoms with Crippen LogP contribution in [0.5, 0.6) is 0 Å². The molecular weight excluding hydrogens is 266 g/mol. The average Bonchev–Trinajstić information content (AvgIpc) is 2.56. The fourth-order valence-corrected chi connectivity index (χ4v) is 1.87. The van der Waals surface area contributed by atoms with Crippen LogP contribution in [0.3, 0.4) is 0 Å². The van der Waals surface area contributed by atoms with Crippen LogP contribution in [0, 0.1) is 0 Å². The number of benzene rings is 1. The second kappa shape index (κ2) is 6.00. The van der Waals surface area contributed by atoms with Gasteiger partial charge in [-0.15, -0.1) is 5.10 Å². The van der Waals surface area contributed by atoms with Gasteiger partial charge < -0.3 is 4.74 Å². The Kier molecular flexibility index (Phi) is 3.73. The van der Waals surface area contributed by atoms with Crippen LogP contribution in [0.25, 0.3) is 6.08 Å². The van der Waals surface area contributed by atoms with Gasteiger partial charge in [0.25, 0.3) is 5.91 Å². The fourth-order valence-electron chi connectivity index (χ4n) is 1.87. The number of anilines is 1. The van der Waals surface area contributed by atoms with E-state index in [0.29, 0.717) is 5.90 Å². The average molecular weight is 279 g/mol. The number of hydrogen-bond donors (Lipinski definition) is 0. The van der Waals surface area contributed by atoms with E-state index < -0.39 is 0 Å². The summed E-state index contributed by atoms with van der Waals surface area (Å²) < 4.78 is 5.32. The minimum atomic E-state index is -0.195. The van der Waals surface area contributed by atoms with Crippen molar-refractivity contribution in [2.24, 2.45) is 5.10 Å². The molecule has 0 bridgehead atoms. The molecule has 2 aromatic rings. The number of aromatic nitrogens is 1. The highest BCUT2D eigenvalue weighted by molar-refractivity contribution is 6.03. The molecule has 1 aliphatic rings. The number of carbonyl (C=O) groups excluding carboxylic acids is 1. The van der Waals surface area contributed by atoms with Gasteiger partial charge in [-0.1, -0.05) is 24.3 Å². The lowest BCUT2D eigenvalue weighted by atomic mass is 10.2. The Morgan fingerprint density at radius 1 is 1.10 bits per heavy atom. The van der Waals surface area contributed by atoms with E-state index in [1.165, 1.54) is 5.01 Å². The Morgan fingerprint density at radius 3 is 2.71 bits per heavy atom. The molecule has 1 aliphatic heterocycles. The van der Waals surface area contributed by atoms with Crippen LogP contribution in [-0.2, 0) is 9.53 Å². The van der Waals surface area contributed by atoms with Gasteiger partial charge in [0, 0.05) is 18.5 Å². The summed E-state index contributed by atoms with van der Waals surface area (Å²) in [5.41, 5.74) is 1.66. The standard InChI is InChI=1S/C16H13N3O2/c20-16-12-21-15(9-8-13-5-4-10-17-11-13)18-19(16)14-6-2-1-3-7-14/h1-11H,12H2/b9-8+. The van der Waals surface area contributed by atoms with Crippen molar-refractivity contribution in [1.29, 1.82) is 0 Å². The number of rotatable bonds is 3. The van der Waals surface area contributed by atoms with Crippen LogP contribution < -0.4 is 5.01 Å². The number of amides is 1. The summed E-state index contributed by atoms with van der Waals surface area (Å²) in [6.07, 6.45) is 7.01. The maximum atomic E-state index is 11.9. The van der Waals surface area contributed by atoms with Crippen LogP contribution in [0.2, 0.25) is 0 Å². The highest BCUT2D eigenvalue weighted by Gasteiger charge is 2.21. The molecule has 0 aliphatic carbocycles. The van der Waals surface area contributed by atoms with Crippen LogP contribution in [-0.4, -0.2) is 23.4 Å². The predicted molar refractivity (Wildman–Crippen MR) is 80.6 cm³/mol. The fraction of sp³-hybridized carbons (Fsp3) is 0.0625. The van der Waals surface area contributed by atoms with Crippen LogP contribution in [0.15, 0.2) is 66.0 Å². The zero-order valence-corrected chi connectivity index (χ0v) is 11.2. The van der Waals surface area contributed by atoms with Crippen molar-refractivity contribution in [1.82, 2.24) is 4.98 Å². The van der Waals surface area contributed by atoms with Gasteiger partial charge in [-0.25, -0.2) is 0 Å². The third-order valence-electron chi connectivity index (χ3n) is 2.88. The SMILES string of the molecule is O=C1COC(/C=C/c2cccnc2)=NN1c1ccccc1. The van der Waals surface area contributed by atoms with Gasteiger partial charge in [0.1, 0.15) is 0 Å². The minimum absolute atomic E-state index is 0.0227. The lowest BCUT2D eigenvalue weighted by Gasteiger charge is -2.22. The van der Waals surface area contributed by atoms with Crippen LogP contribution in [0.1, 0.15) is 5.56 Å². The van der Waals surface area contributed by atoms with E-state index in [9.17, 15) is 4.79 Å². The van der Waals surface area contributed by atoms with Crippen molar-refractivity contribution in [3.63, 3.8) is 0 Å². The number of carbonyl (C=O) groups is 1. The van der Waals surface area contributed by atoms with Gasteiger partial charge in [-0.2, -0.15) is 5.01 Å².